The van der Waals surface area contributed by atoms with Crippen molar-refractivity contribution >= 4 is 23.9 Å². The van der Waals surface area contributed by atoms with Gasteiger partial charge in [0, 0.05) is 51.9 Å². The zero-order valence-corrected chi connectivity index (χ0v) is 63.2. The number of nitrogens with zero attached hydrogens (tertiary/aromatic N) is 2. The van der Waals surface area contributed by atoms with Crippen LogP contribution in [0.5, 0.6) is 0 Å². The van der Waals surface area contributed by atoms with Crippen molar-refractivity contribution < 1.29 is 48.3 Å². The minimum absolute atomic E-state index is 0.0227. The van der Waals surface area contributed by atoms with Crippen LogP contribution in [0.1, 0.15) is 342 Å². The number of hydrogen-bond acceptors (Lipinski definition) is 12. The predicted octanol–water partition coefficient (Wildman–Crippen LogP) is 22.1. The molecule has 0 rings (SSSR count). The van der Waals surface area contributed by atoms with Gasteiger partial charge in [-0.25, -0.2) is 0 Å². The minimum atomic E-state index is -0.222. The largest absolute Gasteiger partial charge is 0.466 e. The van der Waals surface area contributed by atoms with E-state index in [-0.39, 0.29) is 62.1 Å². The van der Waals surface area contributed by atoms with Gasteiger partial charge in [0.25, 0.3) is 0 Å². The highest BCUT2D eigenvalue weighted by Crippen LogP contribution is 2.19. The summed E-state index contributed by atoms with van der Waals surface area (Å²) in [5.74, 6) is -0.525. The van der Waals surface area contributed by atoms with E-state index >= 15 is 0 Å². The molecule has 97 heavy (non-hydrogen) atoms. The minimum Gasteiger partial charge on any atom is -0.466 e. The average Bonchev–Trinajstić information content (AvgIpc) is 3.79. The van der Waals surface area contributed by atoms with Crippen LogP contribution in [0.2, 0.25) is 0 Å². The number of hydrogen-bond donors (Lipinski definition) is 2. The summed E-state index contributed by atoms with van der Waals surface area (Å²) in [5.41, 5.74) is 0. The molecule has 12 nitrogen and oxygen atoms in total. The number of ether oxygens (including phenoxy) is 4. The second kappa shape index (κ2) is 77.4. The molecule has 2 unspecified atom stereocenters. The highest BCUT2D eigenvalue weighted by Gasteiger charge is 2.17. The van der Waals surface area contributed by atoms with E-state index in [0.717, 1.165) is 212 Å². The highest BCUT2D eigenvalue weighted by atomic mass is 16.6. The first kappa shape index (κ1) is 92.6. The normalized spacial score (nSPS) is 12.9. The van der Waals surface area contributed by atoms with Crippen molar-refractivity contribution in [3.8, 4) is 0 Å². The molecule has 2 N–H and O–H groups in total. The van der Waals surface area contributed by atoms with Gasteiger partial charge < -0.3 is 34.1 Å². The van der Waals surface area contributed by atoms with E-state index < -0.39 is 0 Å². The lowest BCUT2D eigenvalue weighted by molar-refractivity contribution is -0.150. The van der Waals surface area contributed by atoms with E-state index in [1.54, 1.807) is 0 Å². The number of carbonyl (C=O) groups excluding carboxylic acids is 4. The van der Waals surface area contributed by atoms with Crippen LogP contribution in [0, 0.1) is 0 Å². The molecule has 12 heteroatoms. The maximum atomic E-state index is 12.9. The maximum absolute atomic E-state index is 12.9. The van der Waals surface area contributed by atoms with Crippen LogP contribution in [-0.2, 0) is 38.1 Å². The van der Waals surface area contributed by atoms with Gasteiger partial charge in [0.15, 0.2) is 0 Å². The first-order valence-electron chi connectivity index (χ1n) is 40.3. The molecule has 0 aromatic carbocycles. The molecule has 0 fully saturated rings. The monoisotopic (exact) mass is 1360 g/mol. The van der Waals surface area contributed by atoms with Gasteiger partial charge in [-0.1, -0.05) is 253 Å². The van der Waals surface area contributed by atoms with E-state index in [2.05, 4.69) is 130 Å². The molecule has 2 atom stereocenters. The Bertz CT molecular complexity index is 1860. The third-order valence-electron chi connectivity index (χ3n) is 17.7. The van der Waals surface area contributed by atoms with E-state index in [4.69, 9.17) is 18.9 Å². The van der Waals surface area contributed by atoms with Crippen molar-refractivity contribution in [3.05, 3.63) is 97.2 Å². The fourth-order valence-electron chi connectivity index (χ4n) is 11.7. The molecule has 0 amide bonds. The summed E-state index contributed by atoms with van der Waals surface area (Å²) in [6.45, 7) is 13.0. The standard InChI is InChI=1S/C85H150N2O10/c1-5-9-13-17-19-21-23-25-27-29-31-37-43-49-57-66-84(92)96-80(62-53-15-11-7-3)64-55-47-41-35-33-39-45-51-59-78-94-82(90)68-72-86(70-61-71-87(74-76-88)75-77-89)73-69-83(91)95-79-60-52-46-40-34-36-42-48-56-65-81(63-54-16-12-8-4)97-85(93)67-58-50-44-38-32-30-28-26-24-22-20-18-14-10-6-2/h9-10,13-14,19-22,25-28,47-48,55-56,80-81,88-89H,5-8,11-12,15-18,23-24,29-46,49-54,57-79H2,1-4H3/b13-9-,14-10-,21-19-,22-20-,27-25-,28-26-,55-47-,56-48-. The van der Waals surface area contributed by atoms with Gasteiger partial charge in [-0.15, -0.1) is 0 Å². The Balaban J connectivity index is 4.49. The van der Waals surface area contributed by atoms with Gasteiger partial charge in [-0.2, -0.15) is 0 Å². The third-order valence-corrected chi connectivity index (χ3v) is 17.7. The molecule has 0 aromatic rings. The van der Waals surface area contributed by atoms with Gasteiger partial charge in [-0.3, -0.25) is 24.1 Å². The zero-order valence-electron chi connectivity index (χ0n) is 63.2. The Morgan fingerprint density at radius 1 is 0.299 bits per heavy atom. The number of aliphatic hydroxyl groups is 2. The van der Waals surface area contributed by atoms with Gasteiger partial charge in [0.1, 0.15) is 12.2 Å². The molecule has 0 saturated heterocycles. The summed E-state index contributed by atoms with van der Waals surface area (Å²) in [5, 5.41) is 19.0. The van der Waals surface area contributed by atoms with E-state index in [1.807, 2.05) is 4.90 Å². The summed E-state index contributed by atoms with van der Waals surface area (Å²) in [6.07, 6.45) is 85.6. The van der Waals surface area contributed by atoms with Crippen molar-refractivity contribution in [2.45, 2.75) is 355 Å². The van der Waals surface area contributed by atoms with Crippen LogP contribution in [0.25, 0.3) is 0 Å². The Morgan fingerprint density at radius 2 is 0.608 bits per heavy atom. The maximum Gasteiger partial charge on any atom is 0.307 e. The van der Waals surface area contributed by atoms with E-state index in [9.17, 15) is 29.4 Å². The highest BCUT2D eigenvalue weighted by molar-refractivity contribution is 5.70. The summed E-state index contributed by atoms with van der Waals surface area (Å²) in [4.78, 5) is 55.5. The first-order chi connectivity index (χ1) is 47.7. The Morgan fingerprint density at radius 3 is 0.969 bits per heavy atom. The van der Waals surface area contributed by atoms with Crippen LogP contribution in [0.15, 0.2) is 97.2 Å². The lowest BCUT2D eigenvalue weighted by atomic mass is 10.1. The molecule has 0 spiro atoms. The van der Waals surface area contributed by atoms with Gasteiger partial charge in [0.2, 0.25) is 0 Å². The SMILES string of the molecule is CC/C=C\C/C=C\C/C=C\CCCCCCCC(=O)OC(C/C=C\CCCCCCCCOC(=O)CCN(CCCN(CCO)CCO)CCC(=O)OCCCCCCCC/C=C\CC(CCCCCC)OC(=O)CCCCCCC/C=C\C/C=C\C/C=C\CC)CCCCCC. The summed E-state index contributed by atoms with van der Waals surface area (Å²) in [7, 11) is 0. The topological polar surface area (TPSA) is 152 Å². The molecular formula is C85H150N2O10. The lowest BCUT2D eigenvalue weighted by Crippen LogP contribution is -2.35. The van der Waals surface area contributed by atoms with Gasteiger partial charge in [0.05, 0.1) is 39.3 Å². The number of aliphatic hydroxyl groups excluding tert-OH is 2. The number of unbranched alkanes of at least 4 members (excludes halogenated alkanes) is 28. The molecule has 0 radical (unpaired) electrons. The first-order valence-corrected chi connectivity index (χ1v) is 40.3. The molecule has 0 heterocycles. The van der Waals surface area contributed by atoms with Gasteiger partial charge >= 0.3 is 23.9 Å². The fourth-order valence-corrected chi connectivity index (χ4v) is 11.7. The Labute approximate surface area is 596 Å². The predicted molar refractivity (Wildman–Crippen MR) is 411 cm³/mol. The fraction of sp³-hybridized carbons (Fsp3) is 0.765. The Kier molecular flexibility index (Phi) is 73.9. The molecule has 0 aliphatic heterocycles. The molecule has 0 aliphatic carbocycles. The third kappa shape index (κ3) is 71.3. The smallest absolute Gasteiger partial charge is 0.307 e. The number of rotatable bonds is 74. The molecule has 0 aliphatic rings. The average molecular weight is 1360 g/mol. The summed E-state index contributed by atoms with van der Waals surface area (Å²) < 4.78 is 23.3. The van der Waals surface area contributed by atoms with Crippen molar-refractivity contribution in [1.82, 2.24) is 9.80 Å². The zero-order chi connectivity index (χ0) is 70.5. The molecular weight excluding hydrogens is 1210 g/mol. The lowest BCUT2D eigenvalue weighted by Gasteiger charge is -2.24. The summed E-state index contributed by atoms with van der Waals surface area (Å²) >= 11 is 0. The number of esters is 4. The molecule has 0 saturated carbocycles. The van der Waals surface area contributed by atoms with E-state index in [1.165, 1.54) is 77.0 Å². The van der Waals surface area contributed by atoms with Crippen LogP contribution < -0.4 is 0 Å². The van der Waals surface area contributed by atoms with Crippen LogP contribution in [-0.4, -0.2) is 122 Å². The Hall–Kier alpha value is -4.36. The van der Waals surface area contributed by atoms with Crippen molar-refractivity contribution in [3.63, 3.8) is 0 Å². The quantitative estimate of drug-likeness (QED) is 0.0258. The van der Waals surface area contributed by atoms with Crippen LogP contribution in [0.3, 0.4) is 0 Å². The van der Waals surface area contributed by atoms with Crippen LogP contribution >= 0.6 is 0 Å². The molecule has 0 bridgehead atoms. The number of allylic oxidation sites excluding steroid dienone is 14. The van der Waals surface area contributed by atoms with Crippen molar-refractivity contribution in [1.29, 1.82) is 0 Å². The van der Waals surface area contributed by atoms with E-state index in [0.29, 0.717) is 65.3 Å². The second-order valence-corrected chi connectivity index (χ2v) is 26.8. The van der Waals surface area contributed by atoms with Crippen LogP contribution in [0.4, 0.5) is 0 Å². The van der Waals surface area contributed by atoms with Crippen molar-refractivity contribution in [2.75, 3.05) is 65.7 Å². The second-order valence-electron chi connectivity index (χ2n) is 26.8. The molecule has 560 valence electrons. The summed E-state index contributed by atoms with van der Waals surface area (Å²) in [6, 6.07) is 0. The number of carbonyl (C=O) groups is 4. The molecule has 0 aromatic heterocycles. The van der Waals surface area contributed by atoms with Gasteiger partial charge in [-0.05, 0) is 161 Å². The van der Waals surface area contributed by atoms with Crippen molar-refractivity contribution in [2.24, 2.45) is 0 Å².